The van der Waals surface area contributed by atoms with Crippen molar-refractivity contribution in [2.24, 2.45) is 5.92 Å². The van der Waals surface area contributed by atoms with E-state index in [-0.39, 0.29) is 24.8 Å². The minimum Gasteiger partial charge on any atom is -0.480 e. The SMILES string of the molecule is Cc1cc(C(C(=O)N2C[C@H](O)C[C@H]2C(=O)O)C(C)C)on1. The van der Waals surface area contributed by atoms with Gasteiger partial charge in [0.15, 0.2) is 0 Å². The average Bonchev–Trinajstić information content (AvgIpc) is 2.95. The van der Waals surface area contributed by atoms with Crippen molar-refractivity contribution in [2.45, 2.75) is 45.3 Å². The van der Waals surface area contributed by atoms with Gasteiger partial charge in [0.1, 0.15) is 17.7 Å². The fraction of sp³-hybridized carbons (Fsp3) is 0.643. The number of β-amino-alcohol motifs (C(OH)–C–C–N with tert-alkyl or cyclic N) is 1. The first-order valence-corrected chi connectivity index (χ1v) is 6.95. The van der Waals surface area contributed by atoms with Crippen molar-refractivity contribution in [3.8, 4) is 0 Å². The number of carboxylic acids is 1. The lowest BCUT2D eigenvalue weighted by Crippen LogP contribution is -2.44. The molecule has 1 saturated heterocycles. The second-order valence-electron chi connectivity index (χ2n) is 5.83. The van der Waals surface area contributed by atoms with Crippen LogP contribution in [0, 0.1) is 12.8 Å². The van der Waals surface area contributed by atoms with Gasteiger partial charge in [-0.3, -0.25) is 4.79 Å². The maximum absolute atomic E-state index is 12.7. The Morgan fingerprint density at radius 1 is 1.48 bits per heavy atom. The van der Waals surface area contributed by atoms with Gasteiger partial charge in [0.2, 0.25) is 5.91 Å². The first-order chi connectivity index (χ1) is 9.81. The summed E-state index contributed by atoms with van der Waals surface area (Å²) in [6, 6.07) is 0.697. The lowest BCUT2D eigenvalue weighted by atomic mass is 9.91. The van der Waals surface area contributed by atoms with Gasteiger partial charge in [-0.2, -0.15) is 0 Å². The van der Waals surface area contributed by atoms with Crippen LogP contribution in [-0.4, -0.2) is 50.8 Å². The summed E-state index contributed by atoms with van der Waals surface area (Å²) in [6.45, 7) is 5.52. The molecule has 1 aliphatic heterocycles. The molecular formula is C14H20N2O5. The van der Waals surface area contributed by atoms with Gasteiger partial charge in [-0.15, -0.1) is 0 Å². The fourth-order valence-corrected chi connectivity index (χ4v) is 2.74. The van der Waals surface area contributed by atoms with Gasteiger partial charge < -0.3 is 19.6 Å². The van der Waals surface area contributed by atoms with Crippen LogP contribution in [0.3, 0.4) is 0 Å². The highest BCUT2D eigenvalue weighted by Crippen LogP contribution is 2.30. The van der Waals surface area contributed by atoms with Crippen LogP contribution in [0.15, 0.2) is 10.6 Å². The number of aromatic nitrogens is 1. The van der Waals surface area contributed by atoms with Crippen LogP contribution in [0.25, 0.3) is 0 Å². The van der Waals surface area contributed by atoms with E-state index in [0.717, 1.165) is 0 Å². The number of likely N-dealkylation sites (tertiary alicyclic amines) is 1. The minimum absolute atomic E-state index is 0.0339. The van der Waals surface area contributed by atoms with Crippen LogP contribution in [0.4, 0.5) is 0 Å². The normalized spacial score (nSPS) is 23.6. The third kappa shape index (κ3) is 3.07. The minimum atomic E-state index is -1.10. The summed E-state index contributed by atoms with van der Waals surface area (Å²) in [5, 5.41) is 22.7. The Labute approximate surface area is 122 Å². The number of aryl methyl sites for hydroxylation is 1. The molecule has 2 heterocycles. The molecular weight excluding hydrogens is 276 g/mol. The number of amides is 1. The van der Waals surface area contributed by atoms with Crippen LogP contribution in [0.2, 0.25) is 0 Å². The Bertz CT molecular complexity index is 539. The number of aliphatic carboxylic acids is 1. The molecule has 2 N–H and O–H groups in total. The first kappa shape index (κ1) is 15.5. The smallest absolute Gasteiger partial charge is 0.326 e. The maximum Gasteiger partial charge on any atom is 0.326 e. The molecule has 7 heteroatoms. The standard InChI is InChI=1S/C14H20N2O5/c1-7(2)12(11-4-8(3)15-21-11)13(18)16-6-9(17)5-10(16)14(19)20/h4,7,9-10,12,17H,5-6H2,1-3H3,(H,19,20)/t9-,10+,12?/m1/s1. The largest absolute Gasteiger partial charge is 0.480 e. The van der Waals surface area contributed by atoms with E-state index in [2.05, 4.69) is 5.16 Å². The zero-order valence-electron chi connectivity index (χ0n) is 12.3. The summed E-state index contributed by atoms with van der Waals surface area (Å²) in [6.07, 6.45) is -0.749. The van der Waals surface area contributed by atoms with Crippen molar-refractivity contribution in [3.05, 3.63) is 17.5 Å². The highest BCUT2D eigenvalue weighted by molar-refractivity contribution is 5.88. The Morgan fingerprint density at radius 2 is 2.14 bits per heavy atom. The van der Waals surface area contributed by atoms with E-state index in [9.17, 15) is 19.8 Å². The van der Waals surface area contributed by atoms with E-state index in [0.29, 0.717) is 11.5 Å². The van der Waals surface area contributed by atoms with Crippen LogP contribution in [-0.2, 0) is 9.59 Å². The van der Waals surface area contributed by atoms with Crippen molar-refractivity contribution in [1.29, 1.82) is 0 Å². The predicted octanol–water partition coefficient (Wildman–Crippen LogP) is 0.769. The van der Waals surface area contributed by atoms with Crippen molar-refractivity contribution < 1.29 is 24.3 Å². The van der Waals surface area contributed by atoms with E-state index in [1.165, 1.54) is 4.90 Å². The van der Waals surface area contributed by atoms with Crippen LogP contribution >= 0.6 is 0 Å². The molecule has 116 valence electrons. The summed E-state index contributed by atoms with van der Waals surface area (Å²) in [4.78, 5) is 25.2. The van der Waals surface area contributed by atoms with Gasteiger partial charge >= 0.3 is 5.97 Å². The van der Waals surface area contributed by atoms with Gasteiger partial charge in [-0.25, -0.2) is 4.79 Å². The number of rotatable bonds is 4. The molecule has 1 aromatic heterocycles. The molecule has 0 spiro atoms. The van der Waals surface area contributed by atoms with Gasteiger partial charge in [0.05, 0.1) is 11.8 Å². The molecule has 7 nitrogen and oxygen atoms in total. The molecule has 3 atom stereocenters. The van der Waals surface area contributed by atoms with Crippen LogP contribution in [0.5, 0.6) is 0 Å². The maximum atomic E-state index is 12.7. The lowest BCUT2D eigenvalue weighted by molar-refractivity contribution is -0.149. The zero-order chi connectivity index (χ0) is 15.7. The predicted molar refractivity (Wildman–Crippen MR) is 72.6 cm³/mol. The number of nitrogens with zero attached hydrogens (tertiary/aromatic N) is 2. The Hall–Kier alpha value is -1.89. The van der Waals surface area contributed by atoms with E-state index in [1.54, 1.807) is 13.0 Å². The number of hydrogen-bond acceptors (Lipinski definition) is 5. The highest BCUT2D eigenvalue weighted by Gasteiger charge is 2.43. The van der Waals surface area contributed by atoms with Crippen LogP contribution in [0.1, 0.15) is 37.6 Å². The molecule has 21 heavy (non-hydrogen) atoms. The van der Waals surface area contributed by atoms with E-state index < -0.39 is 24.0 Å². The second-order valence-corrected chi connectivity index (χ2v) is 5.83. The van der Waals surface area contributed by atoms with Crippen molar-refractivity contribution in [2.75, 3.05) is 6.54 Å². The van der Waals surface area contributed by atoms with Gasteiger partial charge in [-0.05, 0) is 12.8 Å². The number of aliphatic hydroxyl groups excluding tert-OH is 1. The summed E-state index contributed by atoms with van der Waals surface area (Å²) < 4.78 is 5.18. The Balaban J connectivity index is 2.28. The van der Waals surface area contributed by atoms with Crippen molar-refractivity contribution >= 4 is 11.9 Å². The van der Waals surface area contributed by atoms with Gasteiger partial charge in [0, 0.05) is 19.0 Å². The number of carboxylic acid groups (broad SMARTS) is 1. The Morgan fingerprint density at radius 3 is 2.62 bits per heavy atom. The highest BCUT2D eigenvalue weighted by atomic mass is 16.5. The summed E-state index contributed by atoms with van der Waals surface area (Å²) >= 11 is 0. The molecule has 2 rings (SSSR count). The fourth-order valence-electron chi connectivity index (χ4n) is 2.74. The van der Waals surface area contributed by atoms with E-state index >= 15 is 0 Å². The molecule has 0 bridgehead atoms. The summed E-state index contributed by atoms with van der Waals surface area (Å²) in [5.41, 5.74) is 0.666. The second kappa shape index (κ2) is 5.85. The molecule has 0 aliphatic carbocycles. The van der Waals surface area contributed by atoms with Crippen LogP contribution < -0.4 is 0 Å². The average molecular weight is 296 g/mol. The Kier molecular flexibility index (Phi) is 4.32. The van der Waals surface area contributed by atoms with Crippen molar-refractivity contribution in [1.82, 2.24) is 10.1 Å². The zero-order valence-corrected chi connectivity index (χ0v) is 12.3. The molecule has 1 amide bonds. The number of aliphatic hydroxyl groups is 1. The van der Waals surface area contributed by atoms with Crippen molar-refractivity contribution in [3.63, 3.8) is 0 Å². The monoisotopic (exact) mass is 296 g/mol. The topological polar surface area (TPSA) is 104 Å². The number of carbonyl (C=O) groups excluding carboxylic acids is 1. The molecule has 1 aromatic rings. The number of hydrogen-bond donors (Lipinski definition) is 2. The summed E-state index contributed by atoms with van der Waals surface area (Å²) in [5.74, 6) is -1.69. The lowest BCUT2D eigenvalue weighted by Gasteiger charge is -2.27. The molecule has 0 aromatic carbocycles. The van der Waals surface area contributed by atoms with Gasteiger partial charge in [0.25, 0.3) is 0 Å². The third-order valence-corrected chi connectivity index (χ3v) is 3.73. The van der Waals surface area contributed by atoms with E-state index in [4.69, 9.17) is 4.52 Å². The summed E-state index contributed by atoms with van der Waals surface area (Å²) in [7, 11) is 0. The quantitative estimate of drug-likeness (QED) is 0.850. The molecule has 1 unspecified atom stereocenters. The molecule has 0 saturated carbocycles. The number of carbonyl (C=O) groups is 2. The van der Waals surface area contributed by atoms with Gasteiger partial charge in [-0.1, -0.05) is 19.0 Å². The molecule has 1 fully saturated rings. The molecule has 1 aliphatic rings. The van der Waals surface area contributed by atoms with E-state index in [1.807, 2.05) is 13.8 Å². The molecule has 0 radical (unpaired) electrons. The first-order valence-electron chi connectivity index (χ1n) is 6.95. The third-order valence-electron chi connectivity index (χ3n) is 3.73.